The van der Waals surface area contributed by atoms with Gasteiger partial charge in [0, 0.05) is 24.4 Å². The molecule has 0 bridgehead atoms. The van der Waals surface area contributed by atoms with E-state index in [0.717, 1.165) is 44.7 Å². The Morgan fingerprint density at radius 2 is 1.97 bits per heavy atom. The fourth-order valence-corrected chi connectivity index (χ4v) is 7.83. The van der Waals surface area contributed by atoms with Gasteiger partial charge >= 0.3 is 0 Å². The third kappa shape index (κ3) is 3.05. The van der Waals surface area contributed by atoms with Gasteiger partial charge in [0.15, 0.2) is 0 Å². The van der Waals surface area contributed by atoms with Crippen molar-refractivity contribution in [1.29, 1.82) is 0 Å². The number of carbonyl (C=O) groups is 2. The van der Waals surface area contributed by atoms with Gasteiger partial charge in [-0.05, 0) is 79.9 Å². The third-order valence-corrected chi connectivity index (χ3v) is 9.42. The predicted molar refractivity (Wildman–Crippen MR) is 116 cm³/mol. The molecule has 0 spiro atoms. The molecule has 2 heterocycles. The Bertz CT molecular complexity index is 931. The van der Waals surface area contributed by atoms with Crippen LogP contribution in [0, 0.1) is 40.3 Å². The van der Waals surface area contributed by atoms with E-state index >= 15 is 0 Å². The molecule has 5 rings (SSSR count). The van der Waals surface area contributed by atoms with E-state index in [-0.39, 0.29) is 34.6 Å². The maximum absolute atomic E-state index is 13.2. The number of aromatic nitrogens is 1. The van der Waals surface area contributed by atoms with Crippen LogP contribution in [0.2, 0.25) is 0 Å². The number of likely N-dealkylation sites (N-methyl/N-ethyl adjacent to an activating group) is 1. The SMILES string of the molecule is CN1C(=O)C=C[C@]2(C)[C@H]3CC[C@]4(C)[C@@H](C(=O)Nc5ccc(F)cn5)CC[C@H]4[C@@H]3CC[C@@H]12. The predicted octanol–water partition coefficient (Wildman–Crippen LogP) is 4.41. The summed E-state index contributed by atoms with van der Waals surface area (Å²) in [4.78, 5) is 31.4. The number of anilines is 1. The van der Waals surface area contributed by atoms with Crippen LogP contribution in [0.3, 0.4) is 0 Å². The van der Waals surface area contributed by atoms with E-state index in [1.54, 1.807) is 6.08 Å². The number of amides is 2. The number of nitrogens with one attached hydrogen (secondary N) is 1. The van der Waals surface area contributed by atoms with Crippen molar-refractivity contribution >= 4 is 17.6 Å². The molecule has 3 fully saturated rings. The summed E-state index contributed by atoms with van der Waals surface area (Å²) in [6, 6.07) is 3.13. The van der Waals surface area contributed by atoms with Crippen molar-refractivity contribution < 1.29 is 14.0 Å². The molecule has 7 atom stereocenters. The number of hydrogen-bond donors (Lipinski definition) is 1. The normalized spacial score (nSPS) is 41.4. The summed E-state index contributed by atoms with van der Waals surface area (Å²) >= 11 is 0. The molecular formula is C25H32FN3O2. The molecular weight excluding hydrogens is 393 g/mol. The zero-order valence-corrected chi connectivity index (χ0v) is 18.6. The first-order valence-electron chi connectivity index (χ1n) is 11.6. The van der Waals surface area contributed by atoms with Crippen molar-refractivity contribution in [2.24, 2.45) is 34.5 Å². The summed E-state index contributed by atoms with van der Waals surface area (Å²) in [5.41, 5.74) is -0.000136. The van der Waals surface area contributed by atoms with Crippen molar-refractivity contribution in [1.82, 2.24) is 9.88 Å². The highest BCUT2D eigenvalue weighted by molar-refractivity contribution is 5.92. The van der Waals surface area contributed by atoms with Crippen molar-refractivity contribution in [2.75, 3.05) is 12.4 Å². The Hall–Kier alpha value is -2.24. The highest BCUT2D eigenvalue weighted by Crippen LogP contribution is 2.65. The van der Waals surface area contributed by atoms with Crippen LogP contribution in [-0.4, -0.2) is 34.8 Å². The summed E-state index contributed by atoms with van der Waals surface area (Å²) in [6.45, 7) is 4.65. The second-order valence-corrected chi connectivity index (χ2v) is 10.6. The maximum atomic E-state index is 13.2. The molecule has 3 aliphatic carbocycles. The number of carbonyl (C=O) groups excluding carboxylic acids is 2. The first-order chi connectivity index (χ1) is 14.7. The van der Waals surface area contributed by atoms with E-state index in [1.807, 2.05) is 11.9 Å². The monoisotopic (exact) mass is 425 g/mol. The number of nitrogens with zero attached hydrogens (tertiary/aromatic N) is 2. The highest BCUT2D eigenvalue weighted by Gasteiger charge is 2.61. The molecule has 2 amide bonds. The fourth-order valence-electron chi connectivity index (χ4n) is 7.83. The van der Waals surface area contributed by atoms with Crippen LogP contribution in [0.25, 0.3) is 0 Å². The maximum Gasteiger partial charge on any atom is 0.246 e. The van der Waals surface area contributed by atoms with Crippen LogP contribution in [0.4, 0.5) is 10.2 Å². The Morgan fingerprint density at radius 3 is 2.71 bits per heavy atom. The van der Waals surface area contributed by atoms with E-state index in [1.165, 1.54) is 12.1 Å². The van der Waals surface area contributed by atoms with Crippen LogP contribution in [-0.2, 0) is 9.59 Å². The Morgan fingerprint density at radius 1 is 1.16 bits per heavy atom. The zero-order chi connectivity index (χ0) is 22.0. The van der Waals surface area contributed by atoms with Crippen molar-refractivity contribution in [3.8, 4) is 0 Å². The molecule has 0 unspecified atom stereocenters. The summed E-state index contributed by atoms with van der Waals surface area (Å²) in [6.07, 6.45) is 11.4. The van der Waals surface area contributed by atoms with Gasteiger partial charge in [-0.25, -0.2) is 9.37 Å². The molecule has 6 heteroatoms. The molecule has 3 saturated carbocycles. The molecule has 1 aliphatic heterocycles. The van der Waals surface area contributed by atoms with Gasteiger partial charge in [-0.3, -0.25) is 9.59 Å². The minimum Gasteiger partial charge on any atom is -0.338 e. The lowest BCUT2D eigenvalue weighted by molar-refractivity contribution is -0.141. The molecule has 31 heavy (non-hydrogen) atoms. The minimum absolute atomic E-state index is 0.0188. The first kappa shape index (κ1) is 20.7. The lowest BCUT2D eigenvalue weighted by Gasteiger charge is -2.60. The first-order valence-corrected chi connectivity index (χ1v) is 11.6. The number of fused-ring (bicyclic) bond motifs is 5. The quantitative estimate of drug-likeness (QED) is 0.763. The summed E-state index contributed by atoms with van der Waals surface area (Å²) in [7, 11) is 1.95. The van der Waals surface area contributed by atoms with Gasteiger partial charge in [0.1, 0.15) is 11.6 Å². The van der Waals surface area contributed by atoms with Crippen LogP contribution >= 0.6 is 0 Å². The lowest BCUT2D eigenvalue weighted by atomic mass is 9.47. The molecule has 166 valence electrons. The van der Waals surface area contributed by atoms with Crippen molar-refractivity contribution in [3.05, 3.63) is 36.3 Å². The van der Waals surface area contributed by atoms with E-state index in [9.17, 15) is 14.0 Å². The third-order valence-electron chi connectivity index (χ3n) is 9.42. The van der Waals surface area contributed by atoms with E-state index in [0.29, 0.717) is 23.6 Å². The molecule has 1 N–H and O–H groups in total. The molecule has 5 nitrogen and oxygen atoms in total. The van der Waals surface area contributed by atoms with Crippen LogP contribution < -0.4 is 5.32 Å². The van der Waals surface area contributed by atoms with Gasteiger partial charge in [0.2, 0.25) is 11.8 Å². The van der Waals surface area contributed by atoms with E-state index in [2.05, 4.69) is 30.2 Å². The zero-order valence-electron chi connectivity index (χ0n) is 18.6. The lowest BCUT2D eigenvalue weighted by Crippen LogP contribution is -2.59. The van der Waals surface area contributed by atoms with Crippen LogP contribution in [0.1, 0.15) is 52.4 Å². The van der Waals surface area contributed by atoms with E-state index < -0.39 is 5.82 Å². The Labute approximate surface area is 183 Å². The van der Waals surface area contributed by atoms with Crippen LogP contribution in [0.15, 0.2) is 30.5 Å². The van der Waals surface area contributed by atoms with Gasteiger partial charge in [0.25, 0.3) is 0 Å². The van der Waals surface area contributed by atoms with Gasteiger partial charge in [-0.1, -0.05) is 19.9 Å². The Kier molecular flexibility index (Phi) is 4.76. The average Bonchev–Trinajstić information content (AvgIpc) is 3.10. The largest absolute Gasteiger partial charge is 0.338 e. The molecule has 0 radical (unpaired) electrons. The number of hydrogen-bond acceptors (Lipinski definition) is 3. The average molecular weight is 426 g/mol. The van der Waals surface area contributed by atoms with Crippen molar-refractivity contribution in [3.63, 3.8) is 0 Å². The summed E-state index contributed by atoms with van der Waals surface area (Å²) < 4.78 is 13.2. The van der Waals surface area contributed by atoms with Gasteiger partial charge in [-0.15, -0.1) is 0 Å². The van der Waals surface area contributed by atoms with Crippen LogP contribution in [0.5, 0.6) is 0 Å². The number of pyridine rings is 1. The minimum atomic E-state index is -0.405. The number of halogens is 1. The second kappa shape index (κ2) is 7.14. The van der Waals surface area contributed by atoms with Gasteiger partial charge in [-0.2, -0.15) is 0 Å². The molecule has 4 aliphatic rings. The van der Waals surface area contributed by atoms with E-state index in [4.69, 9.17) is 0 Å². The summed E-state index contributed by atoms with van der Waals surface area (Å²) in [5.74, 6) is 1.78. The van der Waals surface area contributed by atoms with Gasteiger partial charge in [0.05, 0.1) is 6.20 Å². The molecule has 0 aromatic carbocycles. The van der Waals surface area contributed by atoms with Gasteiger partial charge < -0.3 is 10.2 Å². The fraction of sp³-hybridized carbons (Fsp3) is 0.640. The highest BCUT2D eigenvalue weighted by atomic mass is 19.1. The topological polar surface area (TPSA) is 62.3 Å². The van der Waals surface area contributed by atoms with Crippen molar-refractivity contribution in [2.45, 2.75) is 58.4 Å². The second-order valence-electron chi connectivity index (χ2n) is 10.6. The molecule has 1 aromatic heterocycles. The molecule has 0 saturated heterocycles. The number of rotatable bonds is 2. The molecule has 1 aromatic rings. The smallest absolute Gasteiger partial charge is 0.246 e. The Balaban J connectivity index is 1.37. The summed E-state index contributed by atoms with van der Waals surface area (Å²) in [5, 5.41) is 2.93. The standard InChI is InChI=1S/C25H32FN3O2/c1-24-12-10-18-16(5-8-20-25(18,2)13-11-22(30)29(20)3)17(24)6-7-19(24)23(31)28-21-9-4-15(26)14-27-21/h4,9,11,13-14,16-20H,5-8,10,12H2,1-3H3,(H,27,28,31)/t16-,17-,18-,19+,20+,24-,25+/m0/s1.